The third-order valence-electron chi connectivity index (χ3n) is 4.11. The van der Waals surface area contributed by atoms with Gasteiger partial charge in [0.15, 0.2) is 0 Å². The molecular weight excluding hydrogens is 196 g/mol. The van der Waals surface area contributed by atoms with Gasteiger partial charge in [-0.15, -0.1) is 0 Å². The summed E-state index contributed by atoms with van der Waals surface area (Å²) in [7, 11) is 6.48. The van der Waals surface area contributed by atoms with Crippen LogP contribution in [0.25, 0.3) is 0 Å². The van der Waals surface area contributed by atoms with Gasteiger partial charge in [-0.3, -0.25) is 0 Å². The Morgan fingerprint density at radius 3 is 2.06 bits per heavy atom. The molecule has 0 aliphatic carbocycles. The van der Waals surface area contributed by atoms with E-state index in [1.54, 1.807) is 0 Å². The molecule has 0 bridgehead atoms. The first kappa shape index (κ1) is 15.9. The molecule has 0 radical (unpaired) electrons. The van der Waals surface area contributed by atoms with Crippen molar-refractivity contribution in [2.75, 3.05) is 21.1 Å². The van der Waals surface area contributed by atoms with Gasteiger partial charge in [-0.2, -0.15) is 0 Å². The summed E-state index contributed by atoms with van der Waals surface area (Å²) in [5, 5.41) is 3.51. The van der Waals surface area contributed by atoms with Gasteiger partial charge < -0.3 is 10.2 Å². The Labute approximate surface area is 103 Å². The van der Waals surface area contributed by atoms with Crippen LogP contribution in [0.4, 0.5) is 0 Å². The van der Waals surface area contributed by atoms with Gasteiger partial charge in [-0.05, 0) is 46.8 Å². The predicted molar refractivity (Wildman–Crippen MR) is 73.9 cm³/mol. The summed E-state index contributed by atoms with van der Waals surface area (Å²) < 4.78 is 0. The Morgan fingerprint density at radius 2 is 1.75 bits per heavy atom. The van der Waals surface area contributed by atoms with Gasteiger partial charge in [-0.1, -0.05) is 33.6 Å². The van der Waals surface area contributed by atoms with Crippen LogP contribution in [-0.2, 0) is 0 Å². The van der Waals surface area contributed by atoms with Gasteiger partial charge in [0.2, 0.25) is 0 Å². The number of hydrogen-bond donors (Lipinski definition) is 1. The quantitative estimate of drug-likeness (QED) is 0.686. The summed E-state index contributed by atoms with van der Waals surface area (Å²) in [4.78, 5) is 2.36. The molecule has 2 heteroatoms. The van der Waals surface area contributed by atoms with Crippen molar-refractivity contribution in [1.82, 2.24) is 10.2 Å². The Bertz CT molecular complexity index is 178. The van der Waals surface area contributed by atoms with Gasteiger partial charge >= 0.3 is 0 Å². The lowest BCUT2D eigenvalue weighted by Crippen LogP contribution is -2.55. The highest BCUT2D eigenvalue weighted by Gasteiger charge is 2.33. The summed E-state index contributed by atoms with van der Waals surface area (Å²) in [5.74, 6) is 0.824. The second kappa shape index (κ2) is 7.29. The predicted octanol–water partition coefficient (Wildman–Crippen LogP) is 3.13. The van der Waals surface area contributed by atoms with Crippen molar-refractivity contribution in [2.45, 2.75) is 65.0 Å². The zero-order valence-electron chi connectivity index (χ0n) is 12.4. The van der Waals surface area contributed by atoms with E-state index in [-0.39, 0.29) is 5.54 Å². The Morgan fingerprint density at radius 1 is 1.19 bits per heavy atom. The van der Waals surface area contributed by atoms with E-state index in [1.807, 2.05) is 0 Å². The maximum absolute atomic E-state index is 3.51. The van der Waals surface area contributed by atoms with E-state index >= 15 is 0 Å². The van der Waals surface area contributed by atoms with Crippen LogP contribution < -0.4 is 5.32 Å². The molecule has 0 aromatic carbocycles. The molecule has 0 amide bonds. The van der Waals surface area contributed by atoms with Gasteiger partial charge in [-0.25, -0.2) is 0 Å². The number of nitrogens with zero attached hydrogens (tertiary/aromatic N) is 1. The first-order valence-electron chi connectivity index (χ1n) is 6.73. The minimum Gasteiger partial charge on any atom is -0.315 e. The van der Waals surface area contributed by atoms with Crippen molar-refractivity contribution in [1.29, 1.82) is 0 Å². The zero-order valence-corrected chi connectivity index (χ0v) is 12.4. The van der Waals surface area contributed by atoms with Crippen LogP contribution in [0.1, 0.15) is 53.4 Å². The van der Waals surface area contributed by atoms with Crippen LogP contribution in [0.15, 0.2) is 0 Å². The lowest BCUT2D eigenvalue weighted by Gasteiger charge is -2.43. The largest absolute Gasteiger partial charge is 0.315 e. The number of likely N-dealkylation sites (N-methyl/N-ethyl adjacent to an activating group) is 2. The van der Waals surface area contributed by atoms with Crippen LogP contribution in [0.5, 0.6) is 0 Å². The average Bonchev–Trinajstić information content (AvgIpc) is 2.22. The molecule has 0 spiro atoms. The first-order chi connectivity index (χ1) is 7.38. The minimum absolute atomic E-state index is 0.270. The second-order valence-corrected chi connectivity index (χ2v) is 5.77. The normalized spacial score (nSPS) is 17.8. The highest BCUT2D eigenvalue weighted by atomic mass is 15.2. The molecule has 0 aromatic heterocycles. The highest BCUT2D eigenvalue weighted by Crippen LogP contribution is 2.25. The van der Waals surface area contributed by atoms with Gasteiger partial charge in [0, 0.05) is 11.6 Å². The number of nitrogens with one attached hydrogen (secondary N) is 1. The lowest BCUT2D eigenvalue weighted by atomic mass is 9.84. The van der Waals surface area contributed by atoms with Gasteiger partial charge in [0.05, 0.1) is 0 Å². The van der Waals surface area contributed by atoms with Gasteiger partial charge in [0.25, 0.3) is 0 Å². The van der Waals surface area contributed by atoms with E-state index in [1.165, 1.54) is 25.7 Å². The maximum Gasteiger partial charge on any atom is 0.0325 e. The summed E-state index contributed by atoms with van der Waals surface area (Å²) in [6.45, 7) is 9.26. The zero-order chi connectivity index (χ0) is 12.8. The fourth-order valence-electron chi connectivity index (χ4n) is 2.37. The Kier molecular flexibility index (Phi) is 7.25. The molecular formula is C14H32N2. The molecule has 0 fully saturated rings. The highest BCUT2D eigenvalue weighted by molar-refractivity contribution is 4.93. The standard InChI is InChI=1S/C14H32N2/c1-8-14(4,16(6)7)13(15-5)11-9-10-12(2)3/h12-13,15H,8-11H2,1-7H3. The second-order valence-electron chi connectivity index (χ2n) is 5.77. The van der Waals surface area contributed by atoms with E-state index in [9.17, 15) is 0 Å². The molecule has 0 saturated carbocycles. The molecule has 2 nitrogen and oxygen atoms in total. The summed E-state index contributed by atoms with van der Waals surface area (Å²) in [6.07, 6.45) is 5.13. The third-order valence-corrected chi connectivity index (χ3v) is 4.11. The average molecular weight is 228 g/mol. The van der Waals surface area contributed by atoms with Crippen molar-refractivity contribution in [3.8, 4) is 0 Å². The van der Waals surface area contributed by atoms with E-state index in [0.29, 0.717) is 6.04 Å². The van der Waals surface area contributed by atoms with Crippen molar-refractivity contribution in [3.05, 3.63) is 0 Å². The van der Waals surface area contributed by atoms with Gasteiger partial charge in [0.1, 0.15) is 0 Å². The van der Waals surface area contributed by atoms with E-state index < -0.39 is 0 Å². The Hall–Kier alpha value is -0.0800. The minimum atomic E-state index is 0.270. The van der Waals surface area contributed by atoms with E-state index in [0.717, 1.165) is 5.92 Å². The number of rotatable bonds is 8. The summed E-state index contributed by atoms with van der Waals surface area (Å²) in [5.41, 5.74) is 0.270. The van der Waals surface area contributed by atoms with Crippen LogP contribution in [0, 0.1) is 5.92 Å². The van der Waals surface area contributed by atoms with E-state index in [2.05, 4.69) is 59.1 Å². The Balaban J connectivity index is 4.34. The van der Waals surface area contributed by atoms with E-state index in [4.69, 9.17) is 0 Å². The monoisotopic (exact) mass is 228 g/mol. The molecule has 0 aliphatic heterocycles. The molecule has 0 saturated heterocycles. The molecule has 0 aliphatic rings. The van der Waals surface area contributed by atoms with Crippen LogP contribution in [0.3, 0.4) is 0 Å². The summed E-state index contributed by atoms with van der Waals surface area (Å²) in [6, 6.07) is 0.589. The molecule has 1 N–H and O–H groups in total. The SMILES string of the molecule is CCC(C)(C(CCCC(C)C)NC)N(C)C. The van der Waals surface area contributed by atoms with Crippen LogP contribution >= 0.6 is 0 Å². The third kappa shape index (κ3) is 4.42. The fourth-order valence-corrected chi connectivity index (χ4v) is 2.37. The lowest BCUT2D eigenvalue weighted by molar-refractivity contribution is 0.110. The fraction of sp³-hybridized carbons (Fsp3) is 1.00. The number of hydrogen-bond acceptors (Lipinski definition) is 2. The molecule has 98 valence electrons. The van der Waals surface area contributed by atoms with Crippen molar-refractivity contribution >= 4 is 0 Å². The molecule has 0 aromatic rings. The van der Waals surface area contributed by atoms with Crippen LogP contribution in [-0.4, -0.2) is 37.6 Å². The molecule has 2 atom stereocenters. The maximum atomic E-state index is 3.51. The summed E-state index contributed by atoms with van der Waals surface area (Å²) >= 11 is 0. The van der Waals surface area contributed by atoms with Crippen molar-refractivity contribution < 1.29 is 0 Å². The molecule has 0 rings (SSSR count). The van der Waals surface area contributed by atoms with Crippen molar-refractivity contribution in [2.24, 2.45) is 5.92 Å². The molecule has 2 unspecified atom stereocenters. The molecule has 0 heterocycles. The van der Waals surface area contributed by atoms with Crippen LogP contribution in [0.2, 0.25) is 0 Å². The smallest absolute Gasteiger partial charge is 0.0325 e. The topological polar surface area (TPSA) is 15.3 Å². The van der Waals surface area contributed by atoms with Crippen molar-refractivity contribution in [3.63, 3.8) is 0 Å². The molecule has 16 heavy (non-hydrogen) atoms. The first-order valence-corrected chi connectivity index (χ1v) is 6.73.